The molecule has 0 aliphatic carbocycles. The zero-order chi connectivity index (χ0) is 28.4. The molecule has 0 radical (unpaired) electrons. The lowest BCUT2D eigenvalue weighted by Gasteiger charge is -2.44. The highest BCUT2D eigenvalue weighted by atomic mass is 32.2. The Kier molecular flexibility index (Phi) is 9.18. The average Bonchev–Trinajstić information content (AvgIpc) is 3.33. The van der Waals surface area contributed by atoms with Crippen LogP contribution in [-0.2, 0) is 23.9 Å². The molecule has 3 heterocycles. The number of halogens is 3. The number of benzene rings is 1. The van der Waals surface area contributed by atoms with Crippen LogP contribution in [0.2, 0.25) is 0 Å². The molecular formula is C26H33F3N2O6S. The van der Waals surface area contributed by atoms with Crippen molar-refractivity contribution >= 4 is 35.5 Å². The number of carbonyl (C=O) groups excluding carboxylic acids is 3. The number of alkyl halides is 3. The molecule has 0 saturated carbocycles. The van der Waals surface area contributed by atoms with Gasteiger partial charge in [-0.3, -0.25) is 24.2 Å². The molecule has 3 saturated heterocycles. The number of hydrogen-bond acceptors (Lipinski definition) is 7. The summed E-state index contributed by atoms with van der Waals surface area (Å²) in [5.41, 5.74) is -0.0568. The smallest absolute Gasteiger partial charge is 0.475 e. The van der Waals surface area contributed by atoms with Gasteiger partial charge in [0.1, 0.15) is 5.54 Å². The van der Waals surface area contributed by atoms with Crippen molar-refractivity contribution in [2.24, 2.45) is 11.8 Å². The number of imide groups is 1. The van der Waals surface area contributed by atoms with Gasteiger partial charge in [0.2, 0.25) is 11.8 Å². The summed E-state index contributed by atoms with van der Waals surface area (Å²) in [4.78, 5) is 53.5. The summed E-state index contributed by atoms with van der Waals surface area (Å²) in [7, 11) is 1.38. The number of nitrogens with zero attached hydrogens (tertiary/aromatic N) is 2. The number of methoxy groups -OCH3 is 1. The number of amides is 2. The second-order valence-corrected chi connectivity index (χ2v) is 11.2. The van der Waals surface area contributed by atoms with Crippen LogP contribution in [0, 0.1) is 11.8 Å². The van der Waals surface area contributed by atoms with Crippen molar-refractivity contribution in [2.75, 3.05) is 20.2 Å². The summed E-state index contributed by atoms with van der Waals surface area (Å²) in [6.07, 6.45) is -1.65. The number of hydrogen-bond donors (Lipinski definition) is 1. The third-order valence-electron chi connectivity index (χ3n) is 7.58. The Labute approximate surface area is 223 Å². The highest BCUT2D eigenvalue weighted by molar-refractivity contribution is 7.99. The maximum Gasteiger partial charge on any atom is 0.490 e. The quantitative estimate of drug-likeness (QED) is 0.314. The summed E-state index contributed by atoms with van der Waals surface area (Å²) in [5, 5.41) is 7.66. The van der Waals surface area contributed by atoms with Crippen molar-refractivity contribution in [3.8, 4) is 0 Å². The molecule has 2 amide bonds. The van der Waals surface area contributed by atoms with E-state index in [1.54, 1.807) is 0 Å². The Bertz CT molecular complexity index is 1070. The number of rotatable bonds is 6. The van der Waals surface area contributed by atoms with E-state index < -0.39 is 29.5 Å². The molecular weight excluding hydrogens is 525 g/mol. The summed E-state index contributed by atoms with van der Waals surface area (Å²) < 4.78 is 37.0. The van der Waals surface area contributed by atoms with Gasteiger partial charge in [0.15, 0.2) is 0 Å². The zero-order valence-electron chi connectivity index (χ0n) is 21.8. The number of piperidine rings is 1. The second-order valence-electron chi connectivity index (χ2n) is 9.64. The standard InChI is InChI=1S/C24H32N2O4S.C2HF3O2/c1-5-15(3)31-17-11-9-16(10-12-17)20-18-19(22(28)25(6-2)21(18)27)24(23(29)30-4)13-7-8-14-26(20)24;3-2(4,5)1(6)7/h9-12,15,18-20H,5-8,13-14H2,1-4H3;(H,6,7)/t15?,18-,19-,20+,24-;/m0./s1. The third-order valence-corrected chi connectivity index (χ3v) is 8.86. The van der Waals surface area contributed by atoms with Crippen LogP contribution in [0.4, 0.5) is 13.2 Å². The van der Waals surface area contributed by atoms with Gasteiger partial charge in [-0.1, -0.05) is 26.0 Å². The number of fused-ring (bicyclic) bond motifs is 3. The summed E-state index contributed by atoms with van der Waals surface area (Å²) in [5.74, 6) is -4.73. The van der Waals surface area contributed by atoms with Crippen LogP contribution in [0.25, 0.3) is 0 Å². The maximum atomic E-state index is 13.4. The van der Waals surface area contributed by atoms with Gasteiger partial charge in [-0.05, 0) is 56.8 Å². The Morgan fingerprint density at radius 3 is 2.26 bits per heavy atom. The third kappa shape index (κ3) is 5.29. The molecule has 3 fully saturated rings. The number of esters is 1. The normalized spacial score (nSPS) is 27.8. The minimum absolute atomic E-state index is 0.154. The molecule has 1 aromatic carbocycles. The lowest BCUT2D eigenvalue weighted by molar-refractivity contribution is -0.192. The van der Waals surface area contributed by atoms with E-state index in [0.29, 0.717) is 24.8 Å². The Hall–Kier alpha value is -2.60. The van der Waals surface area contributed by atoms with Crippen molar-refractivity contribution in [2.45, 2.75) is 74.4 Å². The van der Waals surface area contributed by atoms with Crippen LogP contribution >= 0.6 is 11.8 Å². The van der Waals surface area contributed by atoms with E-state index >= 15 is 0 Å². The van der Waals surface area contributed by atoms with Gasteiger partial charge < -0.3 is 9.84 Å². The molecule has 8 nitrogen and oxygen atoms in total. The predicted octanol–water partition coefficient (Wildman–Crippen LogP) is 4.28. The molecule has 4 rings (SSSR count). The lowest BCUT2D eigenvalue weighted by atomic mass is 9.75. The van der Waals surface area contributed by atoms with E-state index in [4.69, 9.17) is 14.6 Å². The van der Waals surface area contributed by atoms with Gasteiger partial charge in [-0.15, -0.1) is 11.8 Å². The maximum absolute atomic E-state index is 13.4. The van der Waals surface area contributed by atoms with Gasteiger partial charge in [0, 0.05) is 22.7 Å². The number of thioether (sulfide) groups is 1. The van der Waals surface area contributed by atoms with Crippen LogP contribution < -0.4 is 0 Å². The first kappa shape index (κ1) is 29.9. The van der Waals surface area contributed by atoms with Gasteiger partial charge in [0.05, 0.1) is 18.9 Å². The van der Waals surface area contributed by atoms with Crippen molar-refractivity contribution in [3.63, 3.8) is 0 Å². The fourth-order valence-electron chi connectivity index (χ4n) is 5.79. The summed E-state index contributed by atoms with van der Waals surface area (Å²) in [6.45, 7) is 7.22. The van der Waals surface area contributed by atoms with Crippen molar-refractivity contribution in [1.82, 2.24) is 9.80 Å². The van der Waals surface area contributed by atoms with Gasteiger partial charge in [-0.2, -0.15) is 13.2 Å². The molecule has 1 unspecified atom stereocenters. The van der Waals surface area contributed by atoms with Gasteiger partial charge in [-0.25, -0.2) is 4.79 Å². The highest BCUT2D eigenvalue weighted by Crippen LogP contribution is 2.58. The SMILES string of the molecule is CCC(C)Sc1ccc([C@@H]2[C@H]3C(=O)N(CC)C(=O)[C@H]3[C@]3(C(=O)OC)CCCCN23)cc1.O=C(O)C(F)(F)F. The first-order valence-electron chi connectivity index (χ1n) is 12.6. The molecule has 1 aromatic rings. The average molecular weight is 559 g/mol. The van der Waals surface area contributed by atoms with Crippen molar-refractivity contribution < 1.29 is 42.2 Å². The van der Waals surface area contributed by atoms with E-state index in [1.807, 2.05) is 18.7 Å². The van der Waals surface area contributed by atoms with E-state index in [2.05, 4.69) is 43.0 Å². The number of carbonyl (C=O) groups is 4. The molecule has 0 spiro atoms. The number of likely N-dealkylation sites (tertiary alicyclic amines) is 1. The van der Waals surface area contributed by atoms with E-state index in [0.717, 1.165) is 24.8 Å². The van der Waals surface area contributed by atoms with Crippen molar-refractivity contribution in [3.05, 3.63) is 29.8 Å². The van der Waals surface area contributed by atoms with Crippen LogP contribution in [0.3, 0.4) is 0 Å². The molecule has 5 atom stereocenters. The van der Waals surface area contributed by atoms with E-state index in [1.165, 1.54) is 16.9 Å². The van der Waals surface area contributed by atoms with E-state index in [-0.39, 0.29) is 23.8 Å². The molecule has 12 heteroatoms. The van der Waals surface area contributed by atoms with Crippen molar-refractivity contribution in [1.29, 1.82) is 0 Å². The summed E-state index contributed by atoms with van der Waals surface area (Å²) >= 11 is 1.83. The van der Waals surface area contributed by atoms with Crippen LogP contribution in [0.15, 0.2) is 29.2 Å². The van der Waals surface area contributed by atoms with Gasteiger partial charge >= 0.3 is 18.1 Å². The molecule has 0 aromatic heterocycles. The number of aliphatic carboxylic acids is 1. The largest absolute Gasteiger partial charge is 0.490 e. The molecule has 3 aliphatic rings. The first-order valence-corrected chi connectivity index (χ1v) is 13.5. The monoisotopic (exact) mass is 558 g/mol. The molecule has 1 N–H and O–H groups in total. The second kappa shape index (κ2) is 11.6. The fourth-order valence-corrected chi connectivity index (χ4v) is 6.71. The number of carboxylic acid groups (broad SMARTS) is 1. The topological polar surface area (TPSA) is 104 Å². The summed E-state index contributed by atoms with van der Waals surface area (Å²) in [6, 6.07) is 8.05. The van der Waals surface area contributed by atoms with Crippen LogP contribution in [0.1, 0.15) is 58.1 Å². The molecule has 210 valence electrons. The van der Waals surface area contributed by atoms with Crippen LogP contribution in [0.5, 0.6) is 0 Å². The minimum atomic E-state index is -5.08. The minimum Gasteiger partial charge on any atom is -0.475 e. The van der Waals surface area contributed by atoms with E-state index in [9.17, 15) is 27.6 Å². The zero-order valence-corrected chi connectivity index (χ0v) is 22.6. The number of carboxylic acids is 1. The van der Waals surface area contributed by atoms with Crippen LogP contribution in [-0.4, -0.2) is 75.8 Å². The Morgan fingerprint density at radius 2 is 1.76 bits per heavy atom. The highest BCUT2D eigenvalue weighted by Gasteiger charge is 2.72. The molecule has 3 aliphatic heterocycles. The first-order chi connectivity index (χ1) is 17.8. The molecule has 38 heavy (non-hydrogen) atoms. The Morgan fingerprint density at radius 1 is 1.16 bits per heavy atom. The number of ether oxygens (including phenoxy) is 1. The fraction of sp³-hybridized carbons (Fsp3) is 0.615. The lowest BCUT2D eigenvalue weighted by Crippen LogP contribution is -2.59. The van der Waals surface area contributed by atoms with Gasteiger partial charge in [0.25, 0.3) is 0 Å². The Balaban J connectivity index is 0.000000505. The predicted molar refractivity (Wildman–Crippen MR) is 133 cm³/mol. The molecule has 0 bridgehead atoms.